The van der Waals surface area contributed by atoms with Gasteiger partial charge in [-0.15, -0.1) is 0 Å². The van der Waals surface area contributed by atoms with Crippen molar-refractivity contribution in [2.45, 2.75) is 31.7 Å². The molecule has 0 atom stereocenters. The minimum atomic E-state index is -3.52. The Morgan fingerprint density at radius 3 is 2.28 bits per heavy atom. The topological polar surface area (TPSA) is 108 Å². The number of ether oxygens (including phenoxy) is 1. The van der Waals surface area contributed by atoms with Gasteiger partial charge in [-0.2, -0.15) is 4.31 Å². The van der Waals surface area contributed by atoms with E-state index in [4.69, 9.17) is 4.74 Å². The molecule has 1 saturated heterocycles. The summed E-state index contributed by atoms with van der Waals surface area (Å²) in [7, 11) is -3.52. The van der Waals surface area contributed by atoms with E-state index in [0.29, 0.717) is 39.4 Å². The highest BCUT2D eigenvalue weighted by Crippen LogP contribution is 2.17. The average Bonchev–Trinajstić information content (AvgIpc) is 2.74. The molecule has 1 fully saturated rings. The molecule has 1 aromatic rings. The fraction of sp³-hybridized carbons (Fsp3) is 0.579. The van der Waals surface area contributed by atoms with Crippen molar-refractivity contribution in [3.05, 3.63) is 29.8 Å². The molecule has 0 bridgehead atoms. The van der Waals surface area contributed by atoms with Crippen LogP contribution in [0.5, 0.6) is 0 Å². The van der Waals surface area contributed by atoms with Crippen molar-refractivity contribution in [1.29, 1.82) is 0 Å². The van der Waals surface area contributed by atoms with Crippen LogP contribution < -0.4 is 10.6 Å². The number of carbonyl (C=O) groups is 2. The molecule has 9 nitrogen and oxygen atoms in total. The number of rotatable bonds is 9. The maximum atomic E-state index is 12.6. The van der Waals surface area contributed by atoms with E-state index in [1.807, 2.05) is 13.8 Å². The van der Waals surface area contributed by atoms with Crippen molar-refractivity contribution >= 4 is 22.0 Å². The molecule has 0 aromatic heterocycles. The summed E-state index contributed by atoms with van der Waals surface area (Å²) in [6.45, 7) is 7.15. The van der Waals surface area contributed by atoms with Crippen molar-refractivity contribution in [2.24, 2.45) is 0 Å². The number of benzene rings is 1. The van der Waals surface area contributed by atoms with Crippen molar-refractivity contribution in [3.8, 4) is 0 Å². The molecule has 1 aliphatic heterocycles. The molecule has 0 saturated carbocycles. The van der Waals surface area contributed by atoms with E-state index in [-0.39, 0.29) is 36.3 Å². The monoisotopic (exact) mass is 426 g/mol. The van der Waals surface area contributed by atoms with Gasteiger partial charge < -0.3 is 20.3 Å². The van der Waals surface area contributed by atoms with Gasteiger partial charge >= 0.3 is 6.03 Å². The minimum Gasteiger partial charge on any atom is -0.379 e. The Kier molecular flexibility index (Phi) is 8.87. The van der Waals surface area contributed by atoms with Crippen LogP contribution in [-0.2, 0) is 26.1 Å². The summed E-state index contributed by atoms with van der Waals surface area (Å²) in [5.74, 6) is 0.00682. The Balaban J connectivity index is 1.78. The van der Waals surface area contributed by atoms with Crippen LogP contribution in [-0.4, -0.2) is 75.5 Å². The molecule has 29 heavy (non-hydrogen) atoms. The van der Waals surface area contributed by atoms with Gasteiger partial charge in [0, 0.05) is 45.7 Å². The lowest BCUT2D eigenvalue weighted by Crippen LogP contribution is -2.40. The zero-order valence-electron chi connectivity index (χ0n) is 17.0. The first-order valence-corrected chi connectivity index (χ1v) is 11.3. The van der Waals surface area contributed by atoms with Gasteiger partial charge in [-0.3, -0.25) is 4.79 Å². The van der Waals surface area contributed by atoms with Gasteiger partial charge in [0.05, 0.1) is 18.1 Å². The first-order chi connectivity index (χ1) is 13.9. The van der Waals surface area contributed by atoms with Crippen molar-refractivity contribution in [3.63, 3.8) is 0 Å². The number of urea groups is 1. The summed E-state index contributed by atoms with van der Waals surface area (Å²) in [6.07, 6.45) is 0.253. The highest BCUT2D eigenvalue weighted by molar-refractivity contribution is 7.89. The van der Waals surface area contributed by atoms with Crippen LogP contribution in [0.15, 0.2) is 29.2 Å². The molecule has 3 amide bonds. The number of morpholine rings is 1. The third kappa shape index (κ3) is 6.69. The van der Waals surface area contributed by atoms with Crippen LogP contribution in [0.2, 0.25) is 0 Å². The van der Waals surface area contributed by atoms with Crippen LogP contribution >= 0.6 is 0 Å². The highest BCUT2D eigenvalue weighted by atomic mass is 32.2. The zero-order valence-corrected chi connectivity index (χ0v) is 17.8. The van der Waals surface area contributed by atoms with Gasteiger partial charge in [-0.05, 0) is 31.5 Å². The number of hydrogen-bond acceptors (Lipinski definition) is 5. The summed E-state index contributed by atoms with van der Waals surface area (Å²) in [4.78, 5) is 25.7. The molecule has 162 valence electrons. The maximum absolute atomic E-state index is 12.6. The van der Waals surface area contributed by atoms with Crippen LogP contribution in [0.3, 0.4) is 0 Å². The normalized spacial score (nSPS) is 15.0. The standard InChI is InChI=1S/C19H30N4O5S/c1-3-22(4-2)18(24)9-10-20-19(25)21-15-16-5-7-17(8-6-16)29(26,27)23-11-13-28-14-12-23/h5-8H,3-4,9-15H2,1-2H3,(H2,20,21,25). The number of carbonyl (C=O) groups excluding carboxylic acids is 2. The molecule has 2 N–H and O–H groups in total. The second-order valence-electron chi connectivity index (χ2n) is 6.59. The summed E-state index contributed by atoms with van der Waals surface area (Å²) in [5, 5.41) is 5.35. The summed E-state index contributed by atoms with van der Waals surface area (Å²) >= 11 is 0. The highest BCUT2D eigenvalue weighted by Gasteiger charge is 2.26. The largest absolute Gasteiger partial charge is 0.379 e. The summed E-state index contributed by atoms with van der Waals surface area (Å²) in [6, 6.07) is 6.07. The second-order valence-corrected chi connectivity index (χ2v) is 8.52. The Hall–Kier alpha value is -2.17. The molecule has 0 spiro atoms. The van der Waals surface area contributed by atoms with Crippen molar-refractivity contribution in [1.82, 2.24) is 19.8 Å². The van der Waals surface area contributed by atoms with Gasteiger partial charge in [0.2, 0.25) is 15.9 Å². The third-order valence-corrected chi connectivity index (χ3v) is 6.64. The van der Waals surface area contributed by atoms with E-state index in [0.717, 1.165) is 5.56 Å². The molecular formula is C19H30N4O5S. The van der Waals surface area contributed by atoms with E-state index in [1.165, 1.54) is 4.31 Å². The van der Waals surface area contributed by atoms with E-state index in [1.54, 1.807) is 29.2 Å². The lowest BCUT2D eigenvalue weighted by Gasteiger charge is -2.26. The van der Waals surface area contributed by atoms with Gasteiger partial charge in [0.15, 0.2) is 0 Å². The van der Waals surface area contributed by atoms with Gasteiger partial charge in [-0.25, -0.2) is 13.2 Å². The molecule has 2 rings (SSSR count). The number of sulfonamides is 1. The molecule has 10 heteroatoms. The second kappa shape index (κ2) is 11.1. The Bertz CT molecular complexity index is 772. The molecule has 0 aliphatic carbocycles. The molecular weight excluding hydrogens is 396 g/mol. The van der Waals surface area contributed by atoms with E-state index < -0.39 is 10.0 Å². The minimum absolute atomic E-state index is 0.00682. The van der Waals surface area contributed by atoms with Gasteiger partial charge in [0.1, 0.15) is 0 Å². The average molecular weight is 427 g/mol. The first-order valence-electron chi connectivity index (χ1n) is 9.84. The fourth-order valence-electron chi connectivity index (χ4n) is 2.98. The Labute approximate surface area is 172 Å². The predicted molar refractivity (Wildman–Crippen MR) is 109 cm³/mol. The van der Waals surface area contributed by atoms with Gasteiger partial charge in [-0.1, -0.05) is 12.1 Å². The first kappa shape index (κ1) is 23.1. The van der Waals surface area contributed by atoms with E-state index >= 15 is 0 Å². The lowest BCUT2D eigenvalue weighted by molar-refractivity contribution is -0.130. The summed E-state index contributed by atoms with van der Waals surface area (Å²) < 4.78 is 31.8. The molecule has 1 aliphatic rings. The van der Waals surface area contributed by atoms with Gasteiger partial charge in [0.25, 0.3) is 0 Å². The third-order valence-electron chi connectivity index (χ3n) is 4.72. The van der Waals surface area contributed by atoms with Crippen LogP contribution in [0, 0.1) is 0 Å². The van der Waals surface area contributed by atoms with Crippen LogP contribution in [0.4, 0.5) is 4.79 Å². The number of hydrogen-bond donors (Lipinski definition) is 2. The summed E-state index contributed by atoms with van der Waals surface area (Å²) in [5.41, 5.74) is 0.778. The smallest absolute Gasteiger partial charge is 0.315 e. The van der Waals surface area contributed by atoms with E-state index in [9.17, 15) is 18.0 Å². The van der Waals surface area contributed by atoms with Crippen LogP contribution in [0.25, 0.3) is 0 Å². The molecule has 0 unspecified atom stereocenters. The number of amides is 3. The Morgan fingerprint density at radius 2 is 1.69 bits per heavy atom. The molecule has 0 radical (unpaired) electrons. The Morgan fingerprint density at radius 1 is 1.07 bits per heavy atom. The molecule has 1 aromatic carbocycles. The fourth-order valence-corrected chi connectivity index (χ4v) is 4.39. The van der Waals surface area contributed by atoms with Crippen molar-refractivity contribution in [2.75, 3.05) is 45.9 Å². The SMILES string of the molecule is CCN(CC)C(=O)CCNC(=O)NCc1ccc(S(=O)(=O)N2CCOCC2)cc1. The number of nitrogens with zero attached hydrogens (tertiary/aromatic N) is 2. The van der Waals surface area contributed by atoms with E-state index in [2.05, 4.69) is 10.6 Å². The zero-order chi connectivity index (χ0) is 21.3. The molecule has 1 heterocycles. The van der Waals surface area contributed by atoms with Crippen LogP contribution in [0.1, 0.15) is 25.8 Å². The predicted octanol–water partition coefficient (Wildman–Crippen LogP) is 0.765. The van der Waals surface area contributed by atoms with Crippen molar-refractivity contribution < 1.29 is 22.7 Å². The maximum Gasteiger partial charge on any atom is 0.315 e. The number of nitrogens with one attached hydrogen (secondary N) is 2. The quantitative estimate of drug-likeness (QED) is 0.606. The lowest BCUT2D eigenvalue weighted by atomic mass is 10.2.